The summed E-state index contributed by atoms with van der Waals surface area (Å²) >= 11 is 0. The number of halogens is 1. The smallest absolute Gasteiger partial charge is 0.194 e. The van der Waals surface area contributed by atoms with Crippen molar-refractivity contribution in [2.24, 2.45) is 16.8 Å². The van der Waals surface area contributed by atoms with Gasteiger partial charge >= 0.3 is 0 Å². The molecule has 4 unspecified atom stereocenters. The minimum Gasteiger partial charge on any atom is -0.388 e. The normalized spacial score (nSPS) is 37.8. The van der Waals surface area contributed by atoms with Crippen molar-refractivity contribution in [2.75, 3.05) is 26.2 Å². The molecule has 6 heteroatoms. The molecule has 4 fully saturated rings. The highest BCUT2D eigenvalue weighted by Gasteiger charge is 2.53. The van der Waals surface area contributed by atoms with Crippen molar-refractivity contribution in [2.45, 2.75) is 63.3 Å². The molecular formula is C17H30IN3O2. The summed E-state index contributed by atoms with van der Waals surface area (Å²) < 4.78 is 6.06. The van der Waals surface area contributed by atoms with Crippen molar-refractivity contribution in [1.29, 1.82) is 0 Å². The Hall–Kier alpha value is -0.0800. The van der Waals surface area contributed by atoms with Gasteiger partial charge in [-0.2, -0.15) is 0 Å². The lowest BCUT2D eigenvalue weighted by Crippen LogP contribution is -2.42. The van der Waals surface area contributed by atoms with Gasteiger partial charge < -0.3 is 20.1 Å². The zero-order valence-electron chi connectivity index (χ0n) is 14.0. The molecular weight excluding hydrogens is 405 g/mol. The van der Waals surface area contributed by atoms with Crippen LogP contribution in [0, 0.1) is 11.8 Å². The molecule has 4 rings (SSSR count). The Morgan fingerprint density at radius 1 is 1.22 bits per heavy atom. The second kappa shape index (κ2) is 7.04. The maximum Gasteiger partial charge on any atom is 0.194 e. The highest BCUT2D eigenvalue weighted by atomic mass is 127. The van der Waals surface area contributed by atoms with Gasteiger partial charge in [0.25, 0.3) is 0 Å². The van der Waals surface area contributed by atoms with Crippen molar-refractivity contribution in [1.82, 2.24) is 10.2 Å². The summed E-state index contributed by atoms with van der Waals surface area (Å²) in [4.78, 5) is 7.20. The molecule has 3 heterocycles. The predicted molar refractivity (Wildman–Crippen MR) is 101 cm³/mol. The van der Waals surface area contributed by atoms with Gasteiger partial charge in [-0.05, 0) is 32.6 Å². The Kier molecular flexibility index (Phi) is 5.43. The number of rotatable bonds is 3. The Bertz CT molecular complexity index is 435. The van der Waals surface area contributed by atoms with E-state index in [4.69, 9.17) is 9.73 Å². The number of guanidine groups is 1. The zero-order chi connectivity index (χ0) is 15.2. The van der Waals surface area contributed by atoms with Crippen molar-refractivity contribution in [3.8, 4) is 0 Å². The maximum absolute atomic E-state index is 10.5. The minimum absolute atomic E-state index is 0. The van der Waals surface area contributed by atoms with Gasteiger partial charge in [0.05, 0.1) is 24.4 Å². The van der Waals surface area contributed by atoms with Gasteiger partial charge in [0.1, 0.15) is 0 Å². The monoisotopic (exact) mass is 435 g/mol. The van der Waals surface area contributed by atoms with E-state index in [1.807, 2.05) is 0 Å². The predicted octanol–water partition coefficient (Wildman–Crippen LogP) is 1.98. The largest absolute Gasteiger partial charge is 0.388 e. The van der Waals surface area contributed by atoms with E-state index in [0.29, 0.717) is 30.6 Å². The summed E-state index contributed by atoms with van der Waals surface area (Å²) in [6, 6.07) is 0. The molecule has 132 valence electrons. The van der Waals surface area contributed by atoms with Gasteiger partial charge in [0, 0.05) is 31.5 Å². The third kappa shape index (κ3) is 3.35. The van der Waals surface area contributed by atoms with E-state index >= 15 is 0 Å². The molecule has 5 nitrogen and oxygen atoms in total. The Morgan fingerprint density at radius 3 is 2.39 bits per heavy atom. The van der Waals surface area contributed by atoms with Crippen LogP contribution in [-0.4, -0.2) is 60.0 Å². The molecule has 1 saturated carbocycles. The first kappa shape index (κ1) is 17.7. The average Bonchev–Trinajstić information content (AvgIpc) is 3.24. The lowest BCUT2D eigenvalue weighted by atomic mass is 9.82. The number of hydrogen-bond donors (Lipinski definition) is 2. The lowest BCUT2D eigenvalue weighted by Gasteiger charge is -2.25. The van der Waals surface area contributed by atoms with E-state index in [-0.39, 0.29) is 24.0 Å². The van der Waals surface area contributed by atoms with E-state index in [9.17, 15) is 5.11 Å². The van der Waals surface area contributed by atoms with E-state index in [2.05, 4.69) is 17.1 Å². The molecule has 0 aromatic carbocycles. The minimum atomic E-state index is -0.557. The van der Waals surface area contributed by atoms with Crippen LogP contribution in [0.5, 0.6) is 0 Å². The third-order valence-electron chi connectivity index (χ3n) is 6.14. The van der Waals surface area contributed by atoms with Crippen LogP contribution in [0.3, 0.4) is 0 Å². The number of hydrogen-bond acceptors (Lipinski definition) is 3. The van der Waals surface area contributed by atoms with Gasteiger partial charge in [0.2, 0.25) is 0 Å². The number of fused-ring (bicyclic) bond motifs is 5. The molecule has 4 atom stereocenters. The fourth-order valence-corrected chi connectivity index (χ4v) is 4.97. The Labute approximate surface area is 156 Å². The van der Waals surface area contributed by atoms with Gasteiger partial charge in [-0.3, -0.25) is 4.99 Å². The van der Waals surface area contributed by atoms with Crippen LogP contribution < -0.4 is 5.32 Å². The SMILES string of the molecule is CCNC(=NCC1(O)CCCC1)N1CC2C3CCC(O3)C2C1.I. The first-order valence-electron chi connectivity index (χ1n) is 9.10. The third-order valence-corrected chi connectivity index (χ3v) is 6.14. The zero-order valence-corrected chi connectivity index (χ0v) is 16.4. The molecule has 1 aliphatic carbocycles. The van der Waals surface area contributed by atoms with Crippen LogP contribution >= 0.6 is 24.0 Å². The van der Waals surface area contributed by atoms with Crippen molar-refractivity contribution < 1.29 is 9.84 Å². The van der Waals surface area contributed by atoms with E-state index < -0.39 is 5.60 Å². The summed E-state index contributed by atoms with van der Waals surface area (Å²) in [5.74, 6) is 2.38. The van der Waals surface area contributed by atoms with Crippen LogP contribution in [0.1, 0.15) is 45.4 Å². The first-order valence-corrected chi connectivity index (χ1v) is 9.10. The number of nitrogens with zero attached hydrogens (tertiary/aromatic N) is 2. The maximum atomic E-state index is 10.5. The first-order chi connectivity index (χ1) is 10.7. The molecule has 0 spiro atoms. The van der Waals surface area contributed by atoms with E-state index in [1.54, 1.807) is 0 Å². The molecule has 0 aromatic heterocycles. The summed E-state index contributed by atoms with van der Waals surface area (Å²) in [6.07, 6.45) is 7.54. The lowest BCUT2D eigenvalue weighted by molar-refractivity contribution is 0.0568. The standard InChI is InChI=1S/C17H29N3O2.HI/c1-2-18-16(19-11-17(21)7-3-4-8-17)20-9-12-13(10-20)15-6-5-14(12)22-15;/h12-15,21H,2-11H2,1H3,(H,18,19);1H. The Balaban J connectivity index is 0.00000156. The molecule has 2 bridgehead atoms. The number of aliphatic hydroxyl groups is 1. The van der Waals surface area contributed by atoms with Crippen LogP contribution in [0.4, 0.5) is 0 Å². The fourth-order valence-electron chi connectivity index (χ4n) is 4.97. The topological polar surface area (TPSA) is 57.1 Å². The number of aliphatic imine (C=N–C) groups is 1. The number of nitrogens with one attached hydrogen (secondary N) is 1. The molecule has 2 N–H and O–H groups in total. The number of ether oxygens (including phenoxy) is 1. The summed E-state index contributed by atoms with van der Waals surface area (Å²) in [7, 11) is 0. The molecule has 3 saturated heterocycles. The molecule has 4 aliphatic rings. The molecule has 23 heavy (non-hydrogen) atoms. The van der Waals surface area contributed by atoms with Crippen LogP contribution in [0.15, 0.2) is 4.99 Å². The summed E-state index contributed by atoms with van der Waals surface area (Å²) in [6.45, 7) is 5.67. The van der Waals surface area contributed by atoms with Crippen LogP contribution in [-0.2, 0) is 4.74 Å². The quantitative estimate of drug-likeness (QED) is 0.405. The van der Waals surface area contributed by atoms with Crippen molar-refractivity contribution >= 4 is 29.9 Å². The summed E-state index contributed by atoms with van der Waals surface area (Å²) in [5.41, 5.74) is -0.557. The van der Waals surface area contributed by atoms with Gasteiger partial charge in [0.15, 0.2) is 5.96 Å². The van der Waals surface area contributed by atoms with Crippen LogP contribution in [0.2, 0.25) is 0 Å². The Morgan fingerprint density at radius 2 is 1.83 bits per heavy atom. The van der Waals surface area contributed by atoms with Gasteiger partial charge in [-0.15, -0.1) is 24.0 Å². The van der Waals surface area contributed by atoms with E-state index in [0.717, 1.165) is 51.3 Å². The summed E-state index contributed by atoms with van der Waals surface area (Å²) in [5, 5.41) is 14.0. The van der Waals surface area contributed by atoms with Crippen LogP contribution in [0.25, 0.3) is 0 Å². The molecule has 3 aliphatic heterocycles. The number of likely N-dealkylation sites (tertiary alicyclic amines) is 1. The highest BCUT2D eigenvalue weighted by Crippen LogP contribution is 2.47. The van der Waals surface area contributed by atoms with E-state index in [1.165, 1.54) is 12.8 Å². The van der Waals surface area contributed by atoms with Crippen molar-refractivity contribution in [3.63, 3.8) is 0 Å². The molecule has 0 aromatic rings. The second-order valence-electron chi connectivity index (χ2n) is 7.62. The second-order valence-corrected chi connectivity index (χ2v) is 7.62. The van der Waals surface area contributed by atoms with Crippen molar-refractivity contribution in [3.05, 3.63) is 0 Å². The molecule has 0 radical (unpaired) electrons. The molecule has 0 amide bonds. The average molecular weight is 435 g/mol. The van der Waals surface area contributed by atoms with Gasteiger partial charge in [-0.25, -0.2) is 0 Å². The highest BCUT2D eigenvalue weighted by molar-refractivity contribution is 14.0. The fraction of sp³-hybridized carbons (Fsp3) is 0.941. The van der Waals surface area contributed by atoms with Gasteiger partial charge in [-0.1, -0.05) is 12.8 Å².